The lowest BCUT2D eigenvalue weighted by Gasteiger charge is -2.08. The van der Waals surface area contributed by atoms with Gasteiger partial charge < -0.3 is 18.9 Å². The maximum atomic E-state index is 11.5. The van der Waals surface area contributed by atoms with Crippen molar-refractivity contribution in [1.82, 2.24) is 10.6 Å². The Morgan fingerprint density at radius 1 is 0.600 bits per heavy atom. The van der Waals surface area contributed by atoms with Gasteiger partial charge in [-0.3, -0.25) is 20.2 Å². The molecule has 10 nitrogen and oxygen atoms in total. The maximum Gasteiger partial charge on any atom is 0.419 e. The second kappa shape index (κ2) is 11.0. The molecule has 4 amide bonds. The Hall–Kier alpha value is -4.60. The second-order valence-corrected chi connectivity index (χ2v) is 7.60. The number of rotatable bonds is 10. The number of unbranched alkanes of at least 4 members (excludes halogenated alkanes) is 2. The number of benzene rings is 2. The summed E-state index contributed by atoms with van der Waals surface area (Å²) in [5, 5.41) is 4.09. The van der Waals surface area contributed by atoms with Gasteiger partial charge in [0.1, 0.15) is 11.5 Å². The Morgan fingerprint density at radius 3 is 1.34 bits per heavy atom. The molecule has 35 heavy (non-hydrogen) atoms. The molecular formula is C25H22N2O8. The molecule has 2 aromatic rings. The third kappa shape index (κ3) is 6.70. The average molecular weight is 478 g/mol. The summed E-state index contributed by atoms with van der Waals surface area (Å²) in [6.45, 7) is 1.12. The van der Waals surface area contributed by atoms with E-state index in [9.17, 15) is 19.2 Å². The molecule has 0 aliphatic carbocycles. The molecule has 2 aliphatic rings. The normalized spacial score (nSPS) is 17.3. The molecule has 2 fully saturated rings. The minimum Gasteiger partial charge on any atom is -0.494 e. The highest BCUT2D eigenvalue weighted by Gasteiger charge is 2.26. The van der Waals surface area contributed by atoms with Crippen LogP contribution < -0.4 is 20.1 Å². The Bertz CT molecular complexity index is 1090. The topological polar surface area (TPSA) is 129 Å². The summed E-state index contributed by atoms with van der Waals surface area (Å²) in [7, 11) is 0. The molecule has 10 heteroatoms. The number of nitrogens with one attached hydrogen (secondary N) is 2. The summed E-state index contributed by atoms with van der Waals surface area (Å²) < 4.78 is 21.0. The first-order valence-corrected chi connectivity index (χ1v) is 10.9. The molecule has 0 unspecified atom stereocenters. The van der Waals surface area contributed by atoms with E-state index in [0.717, 1.165) is 19.3 Å². The van der Waals surface area contributed by atoms with E-state index in [4.69, 9.17) is 18.9 Å². The zero-order chi connectivity index (χ0) is 24.6. The van der Waals surface area contributed by atoms with Gasteiger partial charge in [0.25, 0.3) is 11.8 Å². The zero-order valence-electron chi connectivity index (χ0n) is 18.6. The van der Waals surface area contributed by atoms with Crippen LogP contribution in [0.3, 0.4) is 0 Å². The van der Waals surface area contributed by atoms with Crippen molar-refractivity contribution in [3.05, 3.63) is 71.2 Å². The number of cyclic esters (lactones) is 2. The van der Waals surface area contributed by atoms with Gasteiger partial charge in [-0.1, -0.05) is 24.3 Å². The number of imide groups is 2. The number of amides is 4. The summed E-state index contributed by atoms with van der Waals surface area (Å²) in [5.74, 6) is 0.219. The number of alkyl carbamates (subject to hydrolysis) is 2. The Balaban J connectivity index is 1.11. The van der Waals surface area contributed by atoms with Gasteiger partial charge in [-0.15, -0.1) is 0 Å². The van der Waals surface area contributed by atoms with Gasteiger partial charge in [0.15, 0.2) is 11.5 Å². The molecule has 2 aliphatic heterocycles. The number of carbonyl (C=O) groups is 4. The summed E-state index contributed by atoms with van der Waals surface area (Å²) in [4.78, 5) is 45.0. The molecular weight excluding hydrogens is 456 g/mol. The van der Waals surface area contributed by atoms with Crippen LogP contribution in [0.4, 0.5) is 9.59 Å². The lowest BCUT2D eigenvalue weighted by Crippen LogP contribution is -2.18. The number of hydrogen-bond donors (Lipinski definition) is 2. The van der Waals surface area contributed by atoms with E-state index in [1.165, 1.54) is 12.2 Å². The van der Waals surface area contributed by atoms with Crippen LogP contribution in [-0.4, -0.2) is 37.2 Å². The lowest BCUT2D eigenvalue weighted by atomic mass is 10.2. The van der Waals surface area contributed by atoms with Gasteiger partial charge in [-0.25, -0.2) is 9.59 Å². The molecule has 2 N–H and O–H groups in total. The van der Waals surface area contributed by atoms with Crippen molar-refractivity contribution in [2.45, 2.75) is 19.3 Å². The minimum atomic E-state index is -0.774. The van der Waals surface area contributed by atoms with Gasteiger partial charge in [-0.05, 0) is 66.8 Å². The third-order valence-corrected chi connectivity index (χ3v) is 4.97. The summed E-state index contributed by atoms with van der Waals surface area (Å²) >= 11 is 0. The van der Waals surface area contributed by atoms with Crippen molar-refractivity contribution in [3.63, 3.8) is 0 Å². The molecule has 0 spiro atoms. The van der Waals surface area contributed by atoms with Crippen molar-refractivity contribution in [2.24, 2.45) is 0 Å². The molecule has 0 aromatic heterocycles. The van der Waals surface area contributed by atoms with Crippen LogP contribution in [0.1, 0.15) is 30.4 Å². The van der Waals surface area contributed by atoms with Crippen molar-refractivity contribution < 1.29 is 38.1 Å². The lowest BCUT2D eigenvalue weighted by molar-refractivity contribution is -0.117. The molecule has 4 rings (SSSR count). The fourth-order valence-corrected chi connectivity index (χ4v) is 3.23. The third-order valence-electron chi connectivity index (χ3n) is 4.97. The smallest absolute Gasteiger partial charge is 0.419 e. The van der Waals surface area contributed by atoms with E-state index in [0.29, 0.717) is 35.8 Å². The van der Waals surface area contributed by atoms with E-state index in [1.54, 1.807) is 48.5 Å². The second-order valence-electron chi connectivity index (χ2n) is 7.60. The van der Waals surface area contributed by atoms with Crippen LogP contribution >= 0.6 is 0 Å². The molecule has 0 radical (unpaired) electrons. The van der Waals surface area contributed by atoms with Crippen LogP contribution in [0.5, 0.6) is 11.5 Å². The standard InChI is InChI=1S/C25H22N2O8/c28-22-20(34-24(30)26-22)14-16-4-8-18(9-5-16)32-12-2-1-3-13-33-19-10-6-17(7-11-19)15-21-23(29)27-25(31)35-21/h4-11,14-15H,1-3,12-13H2,(H,26,28,30)(H,27,29,31). The quantitative estimate of drug-likeness (QED) is 0.392. The predicted octanol–water partition coefficient (Wildman–Crippen LogP) is 3.53. The van der Waals surface area contributed by atoms with E-state index in [-0.39, 0.29) is 11.5 Å². The minimum absolute atomic E-state index is 0.0374. The molecule has 0 bridgehead atoms. The highest BCUT2D eigenvalue weighted by atomic mass is 16.6. The first-order valence-electron chi connectivity index (χ1n) is 10.9. The summed E-state index contributed by atoms with van der Waals surface area (Å²) in [6.07, 6.45) is 4.07. The van der Waals surface area contributed by atoms with E-state index in [1.807, 2.05) is 10.6 Å². The number of hydrogen-bond acceptors (Lipinski definition) is 8. The number of ether oxygens (including phenoxy) is 4. The van der Waals surface area contributed by atoms with Crippen molar-refractivity contribution in [1.29, 1.82) is 0 Å². The average Bonchev–Trinajstić information content (AvgIpc) is 3.33. The number of carbonyl (C=O) groups excluding carboxylic acids is 4. The first-order chi connectivity index (χ1) is 17.0. The monoisotopic (exact) mass is 478 g/mol. The van der Waals surface area contributed by atoms with Gasteiger partial charge >= 0.3 is 12.2 Å². The molecule has 180 valence electrons. The summed E-state index contributed by atoms with van der Waals surface area (Å²) in [6, 6.07) is 14.2. The predicted molar refractivity (Wildman–Crippen MR) is 123 cm³/mol. The van der Waals surface area contributed by atoms with Crippen molar-refractivity contribution >= 4 is 36.2 Å². The van der Waals surface area contributed by atoms with Gasteiger partial charge in [0.2, 0.25) is 0 Å². The highest BCUT2D eigenvalue weighted by Crippen LogP contribution is 2.19. The zero-order valence-corrected chi connectivity index (χ0v) is 18.6. The molecule has 0 atom stereocenters. The Kier molecular flexibility index (Phi) is 7.41. The van der Waals surface area contributed by atoms with E-state index >= 15 is 0 Å². The Labute approximate surface area is 200 Å². The van der Waals surface area contributed by atoms with Gasteiger partial charge in [-0.2, -0.15) is 0 Å². The first kappa shape index (κ1) is 23.6. The SMILES string of the molecule is O=C1NC(=O)C(=Cc2ccc(OCCCCCOc3ccc(C=C4OC(=O)NC4=O)cc3)cc2)O1. The molecule has 2 saturated heterocycles. The largest absolute Gasteiger partial charge is 0.494 e. The van der Waals surface area contributed by atoms with Crippen LogP contribution in [-0.2, 0) is 19.1 Å². The van der Waals surface area contributed by atoms with Crippen LogP contribution in [0.15, 0.2) is 60.0 Å². The Morgan fingerprint density at radius 2 is 1.00 bits per heavy atom. The summed E-state index contributed by atoms with van der Waals surface area (Å²) in [5.41, 5.74) is 1.43. The van der Waals surface area contributed by atoms with Crippen molar-refractivity contribution in [2.75, 3.05) is 13.2 Å². The fraction of sp³-hybridized carbons (Fsp3) is 0.200. The molecule has 2 heterocycles. The van der Waals surface area contributed by atoms with Crippen molar-refractivity contribution in [3.8, 4) is 11.5 Å². The van der Waals surface area contributed by atoms with Crippen LogP contribution in [0.2, 0.25) is 0 Å². The van der Waals surface area contributed by atoms with Crippen LogP contribution in [0, 0.1) is 0 Å². The molecule has 2 aromatic carbocycles. The highest BCUT2D eigenvalue weighted by molar-refractivity contribution is 6.10. The van der Waals surface area contributed by atoms with Gasteiger partial charge in [0, 0.05) is 0 Å². The van der Waals surface area contributed by atoms with Gasteiger partial charge in [0.05, 0.1) is 13.2 Å². The maximum absolute atomic E-state index is 11.5. The van der Waals surface area contributed by atoms with E-state index < -0.39 is 24.0 Å². The molecule has 0 saturated carbocycles. The van der Waals surface area contributed by atoms with Crippen LogP contribution in [0.25, 0.3) is 12.2 Å². The fourth-order valence-electron chi connectivity index (χ4n) is 3.23. The van der Waals surface area contributed by atoms with E-state index in [2.05, 4.69) is 0 Å².